The molecule has 0 bridgehead atoms. The number of aromatic nitrogens is 1. The molecule has 0 saturated heterocycles. The fourth-order valence-corrected chi connectivity index (χ4v) is 2.01. The van der Waals surface area contributed by atoms with Gasteiger partial charge in [0.1, 0.15) is 5.75 Å². The molecule has 112 valence electrons. The second-order valence-corrected chi connectivity index (χ2v) is 4.73. The van der Waals surface area contributed by atoms with Gasteiger partial charge in [0, 0.05) is 12.7 Å². The molecule has 0 aliphatic rings. The lowest BCUT2D eigenvalue weighted by atomic mass is 10.1. The number of ether oxygens (including phenoxy) is 2. The highest BCUT2D eigenvalue weighted by atomic mass is 16.5. The Kier molecular flexibility index (Phi) is 5.88. The molecule has 4 heteroatoms. The van der Waals surface area contributed by atoms with Gasteiger partial charge in [0.2, 0.25) is 0 Å². The first-order valence-electron chi connectivity index (χ1n) is 7.28. The van der Waals surface area contributed by atoms with E-state index >= 15 is 0 Å². The molecule has 1 heterocycles. The van der Waals surface area contributed by atoms with Crippen LogP contribution in [0.3, 0.4) is 0 Å². The zero-order chi connectivity index (χ0) is 14.9. The third-order valence-corrected chi connectivity index (χ3v) is 3.07. The fraction of sp³-hybridized carbons (Fsp3) is 0.353. The van der Waals surface area contributed by atoms with Crippen molar-refractivity contribution in [3.05, 3.63) is 48.2 Å². The second-order valence-electron chi connectivity index (χ2n) is 4.73. The Morgan fingerprint density at radius 1 is 1.19 bits per heavy atom. The molecular weight excluding hydrogens is 264 g/mol. The van der Waals surface area contributed by atoms with Gasteiger partial charge in [-0.05, 0) is 42.7 Å². The van der Waals surface area contributed by atoms with Crippen LogP contribution in [0, 0.1) is 0 Å². The maximum Gasteiger partial charge on any atom is 0.168 e. The molecule has 0 radical (unpaired) electrons. The Labute approximate surface area is 126 Å². The largest absolute Gasteiger partial charge is 0.497 e. The minimum Gasteiger partial charge on any atom is -0.497 e. The first-order chi connectivity index (χ1) is 10.3. The maximum atomic E-state index is 5.68. The lowest BCUT2D eigenvalue weighted by molar-refractivity contribution is 0.318. The lowest BCUT2D eigenvalue weighted by Gasteiger charge is -2.11. The number of benzene rings is 1. The summed E-state index contributed by atoms with van der Waals surface area (Å²) in [5.41, 5.74) is 1.23. The maximum absolute atomic E-state index is 5.68. The van der Waals surface area contributed by atoms with Crippen molar-refractivity contribution in [2.24, 2.45) is 0 Å². The van der Waals surface area contributed by atoms with E-state index in [1.54, 1.807) is 13.3 Å². The summed E-state index contributed by atoms with van der Waals surface area (Å²) in [4.78, 5) is 4.34. The summed E-state index contributed by atoms with van der Waals surface area (Å²) in [5.74, 6) is 2.50. The van der Waals surface area contributed by atoms with Gasteiger partial charge < -0.3 is 14.8 Å². The quantitative estimate of drug-likeness (QED) is 0.806. The molecule has 2 rings (SSSR count). The van der Waals surface area contributed by atoms with Gasteiger partial charge in [-0.2, -0.15) is 0 Å². The Bertz CT molecular complexity index is 558. The predicted octanol–water partition coefficient (Wildman–Crippen LogP) is 3.53. The Balaban J connectivity index is 1.90. The molecule has 1 N–H and O–H groups in total. The van der Waals surface area contributed by atoms with Gasteiger partial charge in [-0.15, -0.1) is 0 Å². The minimum atomic E-state index is 0.705. The van der Waals surface area contributed by atoms with Gasteiger partial charge in [0.25, 0.3) is 0 Å². The van der Waals surface area contributed by atoms with E-state index in [0.29, 0.717) is 6.61 Å². The van der Waals surface area contributed by atoms with E-state index in [-0.39, 0.29) is 0 Å². The van der Waals surface area contributed by atoms with E-state index in [2.05, 4.69) is 29.4 Å². The van der Waals surface area contributed by atoms with E-state index in [1.165, 1.54) is 5.56 Å². The van der Waals surface area contributed by atoms with Crippen LogP contribution < -0.4 is 14.8 Å². The first-order valence-corrected chi connectivity index (χ1v) is 7.28. The highest BCUT2D eigenvalue weighted by molar-refractivity contribution is 5.49. The number of hydrogen-bond donors (Lipinski definition) is 1. The molecular formula is C17H22N2O2. The minimum absolute atomic E-state index is 0.705. The van der Waals surface area contributed by atoms with E-state index in [0.717, 1.165) is 36.7 Å². The van der Waals surface area contributed by atoms with Gasteiger partial charge in [0.15, 0.2) is 11.6 Å². The van der Waals surface area contributed by atoms with Crippen molar-refractivity contribution >= 4 is 5.82 Å². The molecule has 0 saturated carbocycles. The Morgan fingerprint density at radius 2 is 2.10 bits per heavy atom. The van der Waals surface area contributed by atoms with Crippen LogP contribution in [0.4, 0.5) is 5.82 Å². The molecule has 0 unspecified atom stereocenters. The molecule has 0 aliphatic heterocycles. The lowest BCUT2D eigenvalue weighted by Crippen LogP contribution is -2.08. The number of rotatable bonds is 8. The average Bonchev–Trinajstić information content (AvgIpc) is 2.54. The summed E-state index contributed by atoms with van der Waals surface area (Å²) in [7, 11) is 1.68. The number of methoxy groups -OCH3 is 1. The molecule has 0 atom stereocenters. The third-order valence-electron chi connectivity index (χ3n) is 3.07. The van der Waals surface area contributed by atoms with Crippen LogP contribution >= 0.6 is 0 Å². The SMILES string of the molecule is CCCOc1cccnc1NCCc1cccc(OC)c1. The highest BCUT2D eigenvalue weighted by Gasteiger charge is 2.03. The van der Waals surface area contributed by atoms with Crippen molar-refractivity contribution in [1.29, 1.82) is 0 Å². The van der Waals surface area contributed by atoms with E-state index < -0.39 is 0 Å². The van der Waals surface area contributed by atoms with E-state index in [1.807, 2.05) is 24.3 Å². The summed E-state index contributed by atoms with van der Waals surface area (Å²) < 4.78 is 10.9. The molecule has 1 aromatic carbocycles. The van der Waals surface area contributed by atoms with Gasteiger partial charge in [0.05, 0.1) is 13.7 Å². The zero-order valence-electron chi connectivity index (χ0n) is 12.6. The van der Waals surface area contributed by atoms with Crippen molar-refractivity contribution in [2.75, 3.05) is 25.6 Å². The third kappa shape index (κ3) is 4.67. The summed E-state index contributed by atoms with van der Waals surface area (Å²) in [6.07, 6.45) is 3.66. The molecule has 0 fully saturated rings. The van der Waals surface area contributed by atoms with Crippen molar-refractivity contribution in [1.82, 2.24) is 4.98 Å². The second kappa shape index (κ2) is 8.15. The van der Waals surface area contributed by atoms with Crippen LogP contribution in [0.1, 0.15) is 18.9 Å². The van der Waals surface area contributed by atoms with Crippen LogP contribution in [-0.4, -0.2) is 25.2 Å². The number of anilines is 1. The Hall–Kier alpha value is -2.23. The smallest absolute Gasteiger partial charge is 0.168 e. The monoisotopic (exact) mass is 286 g/mol. The van der Waals surface area contributed by atoms with Crippen LogP contribution in [0.2, 0.25) is 0 Å². The standard InChI is InChI=1S/C17H22N2O2/c1-3-12-21-16-8-5-10-18-17(16)19-11-9-14-6-4-7-15(13-14)20-2/h4-8,10,13H,3,9,11-12H2,1-2H3,(H,18,19). The topological polar surface area (TPSA) is 43.4 Å². The number of nitrogens with zero attached hydrogens (tertiary/aromatic N) is 1. The predicted molar refractivity (Wildman–Crippen MR) is 85.2 cm³/mol. The molecule has 1 aromatic heterocycles. The highest BCUT2D eigenvalue weighted by Crippen LogP contribution is 2.21. The van der Waals surface area contributed by atoms with Crippen molar-refractivity contribution in [3.8, 4) is 11.5 Å². The number of hydrogen-bond acceptors (Lipinski definition) is 4. The zero-order valence-corrected chi connectivity index (χ0v) is 12.6. The van der Waals surface area contributed by atoms with Crippen molar-refractivity contribution in [3.63, 3.8) is 0 Å². The van der Waals surface area contributed by atoms with Gasteiger partial charge in [-0.3, -0.25) is 0 Å². The first kappa shape index (κ1) is 15.2. The molecule has 0 amide bonds. The molecule has 0 aliphatic carbocycles. The summed E-state index contributed by atoms with van der Waals surface area (Å²) in [6, 6.07) is 11.9. The average molecular weight is 286 g/mol. The van der Waals surface area contributed by atoms with Crippen LogP contribution in [0.5, 0.6) is 11.5 Å². The molecule has 2 aromatic rings. The molecule has 4 nitrogen and oxygen atoms in total. The van der Waals surface area contributed by atoms with Crippen LogP contribution in [0.15, 0.2) is 42.6 Å². The van der Waals surface area contributed by atoms with Gasteiger partial charge in [-0.1, -0.05) is 19.1 Å². The normalized spacial score (nSPS) is 10.2. The summed E-state index contributed by atoms with van der Waals surface area (Å²) in [6.45, 7) is 3.59. The van der Waals surface area contributed by atoms with Crippen molar-refractivity contribution < 1.29 is 9.47 Å². The fourth-order valence-electron chi connectivity index (χ4n) is 2.01. The summed E-state index contributed by atoms with van der Waals surface area (Å²) in [5, 5.41) is 3.33. The van der Waals surface area contributed by atoms with Crippen LogP contribution in [0.25, 0.3) is 0 Å². The van der Waals surface area contributed by atoms with Crippen LogP contribution in [-0.2, 0) is 6.42 Å². The molecule has 0 spiro atoms. The van der Waals surface area contributed by atoms with Gasteiger partial charge in [-0.25, -0.2) is 4.98 Å². The van der Waals surface area contributed by atoms with Crippen molar-refractivity contribution in [2.45, 2.75) is 19.8 Å². The Morgan fingerprint density at radius 3 is 2.90 bits per heavy atom. The van der Waals surface area contributed by atoms with E-state index in [9.17, 15) is 0 Å². The summed E-state index contributed by atoms with van der Waals surface area (Å²) >= 11 is 0. The number of pyridine rings is 1. The van der Waals surface area contributed by atoms with E-state index in [4.69, 9.17) is 9.47 Å². The molecule has 21 heavy (non-hydrogen) atoms. The van der Waals surface area contributed by atoms with Gasteiger partial charge >= 0.3 is 0 Å². The number of nitrogens with one attached hydrogen (secondary N) is 1.